The van der Waals surface area contributed by atoms with Gasteiger partial charge < -0.3 is 9.64 Å². The first kappa shape index (κ1) is 8.73. The van der Waals surface area contributed by atoms with Crippen LogP contribution in [0.5, 0.6) is 5.19 Å². The van der Waals surface area contributed by atoms with E-state index < -0.39 is 0 Å². The normalized spacial score (nSPS) is 19.3. The summed E-state index contributed by atoms with van der Waals surface area (Å²) in [5.74, 6) is 0. The molecule has 2 heterocycles. The first-order chi connectivity index (χ1) is 7.33. The highest BCUT2D eigenvalue weighted by molar-refractivity contribution is 7.20. The maximum absolute atomic E-state index is 5.69. The van der Waals surface area contributed by atoms with E-state index in [2.05, 4.69) is 11.1 Å². The fourth-order valence-corrected chi connectivity index (χ4v) is 2.30. The minimum atomic E-state index is 0.0468. The summed E-state index contributed by atoms with van der Waals surface area (Å²) in [4.78, 5) is 6.41. The molecule has 0 N–H and O–H groups in total. The van der Waals surface area contributed by atoms with E-state index in [0.717, 1.165) is 10.7 Å². The fraction of sp³-hybridized carbons (Fsp3) is 0.182. The molecule has 1 aliphatic rings. The lowest BCUT2D eigenvalue weighted by molar-refractivity contribution is 0.0943. The minimum absolute atomic E-state index is 0.0468. The summed E-state index contributed by atoms with van der Waals surface area (Å²) in [5.41, 5.74) is 1.00. The van der Waals surface area contributed by atoms with Gasteiger partial charge in [0.05, 0.1) is 10.2 Å². The summed E-state index contributed by atoms with van der Waals surface area (Å²) in [6, 6.07) is 8.06. The highest BCUT2D eigenvalue weighted by Gasteiger charge is 2.19. The van der Waals surface area contributed by atoms with Crippen molar-refractivity contribution < 1.29 is 4.74 Å². The highest BCUT2D eigenvalue weighted by atomic mass is 32.1. The molecule has 1 aliphatic heterocycles. The molecule has 0 fully saturated rings. The van der Waals surface area contributed by atoms with Crippen LogP contribution in [0.25, 0.3) is 10.2 Å². The second kappa shape index (κ2) is 3.24. The third kappa shape index (κ3) is 1.47. The molecular weight excluding hydrogens is 208 g/mol. The highest BCUT2D eigenvalue weighted by Crippen LogP contribution is 2.29. The van der Waals surface area contributed by atoms with Crippen LogP contribution >= 0.6 is 11.3 Å². The monoisotopic (exact) mass is 218 g/mol. The number of nitrogens with zero attached hydrogens (tertiary/aromatic N) is 2. The smallest absolute Gasteiger partial charge is 0.276 e. The Labute approximate surface area is 91.6 Å². The van der Waals surface area contributed by atoms with Gasteiger partial charge >= 0.3 is 0 Å². The van der Waals surface area contributed by atoms with E-state index >= 15 is 0 Å². The van der Waals surface area contributed by atoms with Crippen molar-refractivity contribution >= 4 is 21.6 Å². The Morgan fingerprint density at radius 2 is 2.27 bits per heavy atom. The van der Waals surface area contributed by atoms with E-state index in [1.165, 1.54) is 4.70 Å². The third-order valence-electron chi connectivity index (χ3n) is 2.38. The van der Waals surface area contributed by atoms with Crippen molar-refractivity contribution in [2.45, 2.75) is 6.23 Å². The minimum Gasteiger partial charge on any atom is -0.442 e. The molecule has 76 valence electrons. The molecule has 0 saturated carbocycles. The van der Waals surface area contributed by atoms with Gasteiger partial charge in [-0.2, -0.15) is 0 Å². The van der Waals surface area contributed by atoms with E-state index in [1.54, 1.807) is 11.3 Å². The zero-order valence-electron chi connectivity index (χ0n) is 8.25. The number of benzene rings is 1. The Morgan fingerprint density at radius 3 is 2.93 bits per heavy atom. The van der Waals surface area contributed by atoms with Gasteiger partial charge in [0.25, 0.3) is 5.19 Å². The van der Waals surface area contributed by atoms with Gasteiger partial charge in [0.2, 0.25) is 0 Å². The van der Waals surface area contributed by atoms with Crippen LogP contribution in [0.15, 0.2) is 36.5 Å². The van der Waals surface area contributed by atoms with Crippen LogP contribution in [0.4, 0.5) is 0 Å². The number of hydrogen-bond donors (Lipinski definition) is 0. The summed E-state index contributed by atoms with van der Waals surface area (Å²) < 4.78 is 6.86. The Hall–Kier alpha value is -1.55. The number of hydrogen-bond acceptors (Lipinski definition) is 4. The van der Waals surface area contributed by atoms with Gasteiger partial charge in [0, 0.05) is 13.2 Å². The van der Waals surface area contributed by atoms with Crippen molar-refractivity contribution in [2.24, 2.45) is 0 Å². The largest absolute Gasteiger partial charge is 0.442 e. The molecule has 3 rings (SSSR count). The van der Waals surface area contributed by atoms with Crippen molar-refractivity contribution in [3.63, 3.8) is 0 Å². The van der Waals surface area contributed by atoms with Crippen LogP contribution in [0.1, 0.15) is 0 Å². The van der Waals surface area contributed by atoms with Crippen LogP contribution in [-0.2, 0) is 0 Å². The predicted octanol–water partition coefficient (Wildman–Crippen LogP) is 2.46. The second-order valence-electron chi connectivity index (χ2n) is 3.46. The fourth-order valence-electron chi connectivity index (χ4n) is 1.46. The lowest BCUT2D eigenvalue weighted by Gasteiger charge is -2.30. The van der Waals surface area contributed by atoms with Gasteiger partial charge in [-0.1, -0.05) is 23.5 Å². The zero-order chi connectivity index (χ0) is 10.3. The van der Waals surface area contributed by atoms with E-state index in [-0.39, 0.29) is 6.23 Å². The standard InChI is InChI=1S/C11H10N2OS/c1-13-7-6-10(13)14-11-12-8-4-2-3-5-9(8)15-11/h2-7,10H,1H3. The Morgan fingerprint density at radius 1 is 1.40 bits per heavy atom. The number of aromatic nitrogens is 1. The molecule has 1 atom stereocenters. The number of fused-ring (bicyclic) bond motifs is 1. The van der Waals surface area contributed by atoms with Gasteiger partial charge in [-0.3, -0.25) is 0 Å². The van der Waals surface area contributed by atoms with Gasteiger partial charge in [0.1, 0.15) is 0 Å². The quantitative estimate of drug-likeness (QED) is 0.774. The molecule has 1 unspecified atom stereocenters. The Kier molecular flexibility index (Phi) is 1.89. The molecule has 0 saturated heterocycles. The maximum atomic E-state index is 5.69. The summed E-state index contributed by atoms with van der Waals surface area (Å²) in [5, 5.41) is 0.734. The molecule has 1 aromatic carbocycles. The first-order valence-corrected chi connectivity index (χ1v) is 5.57. The van der Waals surface area contributed by atoms with E-state index in [4.69, 9.17) is 4.74 Å². The molecule has 15 heavy (non-hydrogen) atoms. The molecule has 0 radical (unpaired) electrons. The SMILES string of the molecule is CN1C=CC1Oc1nc2ccccc2s1. The van der Waals surface area contributed by atoms with Crippen molar-refractivity contribution in [2.75, 3.05) is 7.05 Å². The average molecular weight is 218 g/mol. The van der Waals surface area contributed by atoms with Crippen LogP contribution in [0.2, 0.25) is 0 Å². The lowest BCUT2D eigenvalue weighted by Crippen LogP contribution is -2.37. The number of thiazole rings is 1. The van der Waals surface area contributed by atoms with Crippen LogP contribution in [-0.4, -0.2) is 23.2 Å². The van der Waals surface area contributed by atoms with E-state index in [0.29, 0.717) is 0 Å². The molecule has 0 amide bonds. The lowest BCUT2D eigenvalue weighted by atomic mass is 10.3. The predicted molar refractivity (Wildman–Crippen MR) is 60.9 cm³/mol. The van der Waals surface area contributed by atoms with E-state index in [1.807, 2.05) is 42.4 Å². The molecule has 0 spiro atoms. The van der Waals surface area contributed by atoms with Crippen molar-refractivity contribution in [1.82, 2.24) is 9.88 Å². The summed E-state index contributed by atoms with van der Waals surface area (Å²) >= 11 is 1.58. The summed E-state index contributed by atoms with van der Waals surface area (Å²) in [6.07, 6.45) is 4.04. The molecule has 1 aromatic heterocycles. The molecule has 3 nitrogen and oxygen atoms in total. The second-order valence-corrected chi connectivity index (χ2v) is 4.46. The van der Waals surface area contributed by atoms with Crippen molar-refractivity contribution in [1.29, 1.82) is 0 Å². The molecule has 0 aliphatic carbocycles. The molecule has 0 bridgehead atoms. The molecule has 2 aromatic rings. The number of likely N-dealkylation sites (N-methyl/N-ethyl adjacent to an activating group) is 1. The van der Waals surface area contributed by atoms with Crippen LogP contribution in [0, 0.1) is 0 Å². The third-order valence-corrected chi connectivity index (χ3v) is 3.31. The summed E-state index contributed by atoms with van der Waals surface area (Å²) in [6.45, 7) is 0. The average Bonchev–Trinajstić information content (AvgIpc) is 2.66. The van der Waals surface area contributed by atoms with Crippen LogP contribution < -0.4 is 4.74 Å². The first-order valence-electron chi connectivity index (χ1n) is 4.75. The summed E-state index contributed by atoms with van der Waals surface area (Å²) in [7, 11) is 1.98. The maximum Gasteiger partial charge on any atom is 0.276 e. The Balaban J connectivity index is 1.89. The topological polar surface area (TPSA) is 25.4 Å². The van der Waals surface area contributed by atoms with Crippen molar-refractivity contribution in [3.8, 4) is 5.19 Å². The number of para-hydroxylation sites is 1. The van der Waals surface area contributed by atoms with Gasteiger partial charge in [-0.05, 0) is 18.2 Å². The van der Waals surface area contributed by atoms with E-state index in [9.17, 15) is 0 Å². The number of ether oxygens (including phenoxy) is 1. The van der Waals surface area contributed by atoms with Gasteiger partial charge in [0.15, 0.2) is 6.23 Å². The van der Waals surface area contributed by atoms with Crippen molar-refractivity contribution in [3.05, 3.63) is 36.5 Å². The number of rotatable bonds is 2. The zero-order valence-corrected chi connectivity index (χ0v) is 9.07. The van der Waals surface area contributed by atoms with Gasteiger partial charge in [-0.25, -0.2) is 4.98 Å². The van der Waals surface area contributed by atoms with Crippen LogP contribution in [0.3, 0.4) is 0 Å². The molecule has 4 heteroatoms. The molecular formula is C11H10N2OS. The Bertz CT molecular complexity index is 487. The van der Waals surface area contributed by atoms with Gasteiger partial charge in [-0.15, -0.1) is 0 Å².